The standard InChI is InChI=1S/C23H24N4O5/c1-2-23(17-8-4-3-5-9-17)21(29)27(22(30)24-23)25-20(28)16-26(14-18-10-6-12-31-18)15-19-11-7-13-32-19/h3-13H,2,14-16H2,1H3,(H,24,30)(H,25,28). The van der Waals surface area contributed by atoms with Crippen LogP contribution in [0.3, 0.4) is 0 Å². The molecule has 1 aliphatic heterocycles. The zero-order valence-electron chi connectivity index (χ0n) is 17.6. The predicted molar refractivity (Wildman–Crippen MR) is 113 cm³/mol. The molecule has 4 rings (SSSR count). The predicted octanol–water partition coefficient (Wildman–Crippen LogP) is 2.76. The van der Waals surface area contributed by atoms with Crippen molar-refractivity contribution in [2.45, 2.75) is 32.0 Å². The van der Waals surface area contributed by atoms with Crippen LogP contribution in [0.4, 0.5) is 4.79 Å². The van der Waals surface area contributed by atoms with Crippen LogP contribution in [0.2, 0.25) is 0 Å². The first-order valence-electron chi connectivity index (χ1n) is 10.3. The van der Waals surface area contributed by atoms with Crippen molar-refractivity contribution in [3.05, 3.63) is 84.2 Å². The van der Waals surface area contributed by atoms with E-state index in [1.165, 1.54) is 0 Å². The largest absolute Gasteiger partial charge is 0.468 e. The molecule has 166 valence electrons. The highest BCUT2D eigenvalue weighted by molar-refractivity contribution is 6.08. The number of urea groups is 1. The Labute approximate surface area is 184 Å². The van der Waals surface area contributed by atoms with Gasteiger partial charge in [-0.25, -0.2) is 4.79 Å². The molecule has 0 saturated carbocycles. The molecule has 4 amide bonds. The number of hydrogen-bond donors (Lipinski definition) is 2. The summed E-state index contributed by atoms with van der Waals surface area (Å²) in [6.07, 6.45) is 3.46. The molecule has 2 aromatic heterocycles. The normalized spacial score (nSPS) is 18.2. The first-order valence-corrected chi connectivity index (χ1v) is 10.3. The Hall–Kier alpha value is -3.85. The average Bonchev–Trinajstić information content (AvgIpc) is 3.54. The number of hydrogen-bond acceptors (Lipinski definition) is 6. The lowest BCUT2D eigenvalue weighted by Gasteiger charge is -2.26. The van der Waals surface area contributed by atoms with Gasteiger partial charge in [0.25, 0.3) is 11.8 Å². The van der Waals surface area contributed by atoms with Crippen molar-refractivity contribution in [1.29, 1.82) is 0 Å². The minimum Gasteiger partial charge on any atom is -0.468 e. The third kappa shape index (κ3) is 4.28. The lowest BCUT2D eigenvalue weighted by Crippen LogP contribution is -2.51. The molecule has 32 heavy (non-hydrogen) atoms. The van der Waals surface area contributed by atoms with Crippen LogP contribution >= 0.6 is 0 Å². The van der Waals surface area contributed by atoms with Gasteiger partial charge in [0.15, 0.2) is 0 Å². The van der Waals surface area contributed by atoms with Gasteiger partial charge in [0.05, 0.1) is 32.2 Å². The molecule has 0 aliphatic carbocycles. The van der Waals surface area contributed by atoms with Crippen LogP contribution in [0.25, 0.3) is 0 Å². The van der Waals surface area contributed by atoms with Gasteiger partial charge in [-0.3, -0.25) is 19.9 Å². The van der Waals surface area contributed by atoms with Crippen LogP contribution in [0.15, 0.2) is 76.0 Å². The van der Waals surface area contributed by atoms with E-state index < -0.39 is 23.4 Å². The Bertz CT molecular complexity index is 1030. The number of nitrogens with one attached hydrogen (secondary N) is 2. The highest BCUT2D eigenvalue weighted by Crippen LogP contribution is 2.31. The van der Waals surface area contributed by atoms with Crippen LogP contribution in [-0.2, 0) is 28.2 Å². The van der Waals surface area contributed by atoms with Crippen molar-refractivity contribution in [1.82, 2.24) is 20.7 Å². The average molecular weight is 436 g/mol. The van der Waals surface area contributed by atoms with Gasteiger partial charge in [-0.05, 0) is 36.2 Å². The van der Waals surface area contributed by atoms with E-state index in [0.29, 0.717) is 36.6 Å². The molecule has 9 heteroatoms. The number of rotatable bonds is 9. The van der Waals surface area contributed by atoms with Crippen molar-refractivity contribution in [2.24, 2.45) is 0 Å². The Morgan fingerprint density at radius 1 is 1.00 bits per heavy atom. The molecule has 3 heterocycles. The zero-order valence-corrected chi connectivity index (χ0v) is 17.6. The van der Waals surface area contributed by atoms with Gasteiger partial charge in [0.2, 0.25) is 0 Å². The Balaban J connectivity index is 1.47. The van der Waals surface area contributed by atoms with Crippen LogP contribution in [0, 0.1) is 0 Å². The van der Waals surface area contributed by atoms with Crippen molar-refractivity contribution in [3.8, 4) is 0 Å². The minimum atomic E-state index is -1.21. The summed E-state index contributed by atoms with van der Waals surface area (Å²) < 4.78 is 10.8. The minimum absolute atomic E-state index is 0.0804. The maximum absolute atomic E-state index is 13.2. The summed E-state index contributed by atoms with van der Waals surface area (Å²) >= 11 is 0. The van der Waals surface area contributed by atoms with E-state index in [1.807, 2.05) is 13.0 Å². The summed E-state index contributed by atoms with van der Waals surface area (Å²) in [6.45, 7) is 2.43. The van der Waals surface area contributed by atoms with E-state index in [4.69, 9.17) is 8.83 Å². The summed E-state index contributed by atoms with van der Waals surface area (Å²) in [7, 11) is 0. The summed E-state index contributed by atoms with van der Waals surface area (Å²) in [5.41, 5.74) is 1.90. The van der Waals surface area contributed by atoms with Crippen LogP contribution in [0.1, 0.15) is 30.4 Å². The fraction of sp³-hybridized carbons (Fsp3) is 0.261. The maximum Gasteiger partial charge on any atom is 0.344 e. The first kappa shape index (κ1) is 21.4. The molecule has 1 aromatic carbocycles. The van der Waals surface area contributed by atoms with Crippen molar-refractivity contribution < 1.29 is 23.2 Å². The Kier molecular flexibility index (Phi) is 6.09. The van der Waals surface area contributed by atoms with E-state index >= 15 is 0 Å². The Morgan fingerprint density at radius 2 is 1.62 bits per heavy atom. The number of imide groups is 1. The number of hydrazine groups is 1. The number of furan rings is 2. The van der Waals surface area contributed by atoms with Crippen LogP contribution in [-0.4, -0.2) is 34.3 Å². The SMILES string of the molecule is CCC1(c2ccccc2)NC(=O)N(NC(=O)CN(Cc2ccco2)Cc2ccco2)C1=O. The van der Waals surface area contributed by atoms with Gasteiger partial charge < -0.3 is 14.2 Å². The van der Waals surface area contributed by atoms with Crippen molar-refractivity contribution in [2.75, 3.05) is 6.54 Å². The summed E-state index contributed by atoms with van der Waals surface area (Å²) in [5, 5.41) is 3.50. The molecule has 9 nitrogen and oxygen atoms in total. The van der Waals surface area contributed by atoms with Crippen molar-refractivity contribution in [3.63, 3.8) is 0 Å². The molecule has 1 unspecified atom stereocenters. The van der Waals surface area contributed by atoms with E-state index in [1.54, 1.807) is 66.0 Å². The monoisotopic (exact) mass is 436 g/mol. The molecule has 0 bridgehead atoms. The van der Waals surface area contributed by atoms with Gasteiger partial charge >= 0.3 is 6.03 Å². The quantitative estimate of drug-likeness (QED) is 0.500. The molecule has 1 saturated heterocycles. The van der Waals surface area contributed by atoms with Gasteiger partial charge in [-0.2, -0.15) is 5.01 Å². The summed E-state index contributed by atoms with van der Waals surface area (Å²) in [6, 6.07) is 15.5. The topological polar surface area (TPSA) is 108 Å². The lowest BCUT2D eigenvalue weighted by atomic mass is 9.87. The second-order valence-electron chi connectivity index (χ2n) is 7.53. The fourth-order valence-corrected chi connectivity index (χ4v) is 3.82. The lowest BCUT2D eigenvalue weighted by molar-refractivity contribution is -0.140. The molecule has 0 spiro atoms. The first-order chi connectivity index (χ1) is 15.5. The molecule has 2 N–H and O–H groups in total. The maximum atomic E-state index is 13.2. The highest BCUT2D eigenvalue weighted by atomic mass is 16.3. The second kappa shape index (κ2) is 9.11. The van der Waals surface area contributed by atoms with Crippen molar-refractivity contribution >= 4 is 17.8 Å². The summed E-state index contributed by atoms with van der Waals surface area (Å²) in [4.78, 5) is 40.4. The van der Waals surface area contributed by atoms with Gasteiger partial charge in [-0.15, -0.1) is 0 Å². The molecule has 0 radical (unpaired) electrons. The number of carbonyl (C=O) groups excluding carboxylic acids is 3. The number of amides is 4. The second-order valence-corrected chi connectivity index (χ2v) is 7.53. The number of carbonyl (C=O) groups is 3. The van der Waals surface area contributed by atoms with E-state index in [-0.39, 0.29) is 6.54 Å². The van der Waals surface area contributed by atoms with E-state index in [0.717, 1.165) is 5.01 Å². The van der Waals surface area contributed by atoms with Crippen LogP contribution in [0.5, 0.6) is 0 Å². The zero-order chi connectivity index (χ0) is 22.6. The summed E-state index contributed by atoms with van der Waals surface area (Å²) in [5.74, 6) is 0.321. The fourth-order valence-electron chi connectivity index (χ4n) is 3.82. The smallest absolute Gasteiger partial charge is 0.344 e. The van der Waals surface area contributed by atoms with Gasteiger partial charge in [0.1, 0.15) is 17.1 Å². The van der Waals surface area contributed by atoms with Gasteiger partial charge in [-0.1, -0.05) is 37.3 Å². The van der Waals surface area contributed by atoms with Gasteiger partial charge in [0, 0.05) is 0 Å². The molecular formula is C23H24N4O5. The Morgan fingerprint density at radius 3 is 2.16 bits per heavy atom. The molecule has 1 aliphatic rings. The number of nitrogens with zero attached hydrogens (tertiary/aromatic N) is 2. The molecular weight excluding hydrogens is 412 g/mol. The third-order valence-corrected chi connectivity index (χ3v) is 5.41. The molecule has 3 aromatic rings. The van der Waals surface area contributed by atoms with Crippen LogP contribution < -0.4 is 10.7 Å². The van der Waals surface area contributed by atoms with E-state index in [2.05, 4.69) is 10.7 Å². The molecule has 1 atom stereocenters. The third-order valence-electron chi connectivity index (χ3n) is 5.41. The highest BCUT2D eigenvalue weighted by Gasteiger charge is 2.52. The molecule has 1 fully saturated rings. The number of benzene rings is 1. The van der Waals surface area contributed by atoms with E-state index in [9.17, 15) is 14.4 Å².